The lowest BCUT2D eigenvalue weighted by molar-refractivity contribution is -0.148. The fraction of sp³-hybridized carbons (Fsp3) is 0.688. The number of hydrogen-bond acceptors (Lipinski definition) is 8. The van der Waals surface area contributed by atoms with Gasteiger partial charge in [-0.1, -0.05) is 0 Å². The highest BCUT2D eigenvalue weighted by atomic mass is 31.2. The van der Waals surface area contributed by atoms with Gasteiger partial charge in [-0.05, 0) is 20.8 Å². The first-order valence-corrected chi connectivity index (χ1v) is 10.4. The number of carbonyl (C=O) groups is 1. The number of carbonyl (C=O) groups excluding carboxylic acids is 1. The molecule has 27 heavy (non-hydrogen) atoms. The van der Waals surface area contributed by atoms with Gasteiger partial charge in [0.1, 0.15) is 18.4 Å². The molecular formula is C16H25N2O8P. The minimum atomic E-state index is -3.46. The van der Waals surface area contributed by atoms with Crippen molar-refractivity contribution in [3.05, 3.63) is 32.6 Å². The van der Waals surface area contributed by atoms with E-state index in [0.29, 0.717) is 5.56 Å². The summed E-state index contributed by atoms with van der Waals surface area (Å²) in [5, 5.41) is 0. The van der Waals surface area contributed by atoms with E-state index in [-0.39, 0.29) is 25.8 Å². The fourth-order valence-electron chi connectivity index (χ4n) is 2.93. The van der Waals surface area contributed by atoms with Crippen LogP contribution < -0.4 is 11.2 Å². The molecule has 0 aliphatic carbocycles. The Labute approximate surface area is 156 Å². The highest BCUT2D eigenvalue weighted by Crippen LogP contribution is 2.51. The van der Waals surface area contributed by atoms with Crippen molar-refractivity contribution in [1.29, 1.82) is 0 Å². The predicted octanol–water partition coefficient (Wildman–Crippen LogP) is 1.33. The van der Waals surface area contributed by atoms with Crippen LogP contribution in [0.15, 0.2) is 15.8 Å². The third-order valence-electron chi connectivity index (χ3n) is 4.01. The van der Waals surface area contributed by atoms with Crippen molar-refractivity contribution in [2.45, 2.75) is 52.6 Å². The second-order valence-electron chi connectivity index (χ2n) is 6.12. The first-order valence-electron chi connectivity index (χ1n) is 8.72. The van der Waals surface area contributed by atoms with Crippen molar-refractivity contribution in [2.24, 2.45) is 0 Å². The summed E-state index contributed by atoms with van der Waals surface area (Å²) in [5.74, 6) is -0.526. The van der Waals surface area contributed by atoms with Crippen molar-refractivity contribution in [3.63, 3.8) is 0 Å². The lowest BCUT2D eigenvalue weighted by Gasteiger charge is -2.23. The maximum absolute atomic E-state index is 12.8. The minimum absolute atomic E-state index is 0.125. The number of ether oxygens (including phenoxy) is 2. The second-order valence-corrected chi connectivity index (χ2v) is 8.22. The zero-order chi connectivity index (χ0) is 20.2. The van der Waals surface area contributed by atoms with Crippen molar-refractivity contribution in [1.82, 2.24) is 9.55 Å². The van der Waals surface area contributed by atoms with Gasteiger partial charge in [-0.3, -0.25) is 23.7 Å². The molecule has 3 atom stereocenters. The number of rotatable bonds is 8. The van der Waals surface area contributed by atoms with E-state index in [1.807, 2.05) is 0 Å². The van der Waals surface area contributed by atoms with Gasteiger partial charge in [-0.15, -0.1) is 0 Å². The Bertz CT molecular complexity index is 822. The molecule has 1 N–H and O–H groups in total. The Morgan fingerprint density at radius 3 is 2.52 bits per heavy atom. The van der Waals surface area contributed by atoms with Gasteiger partial charge < -0.3 is 18.5 Å². The summed E-state index contributed by atoms with van der Waals surface area (Å²) in [7, 11) is -3.46. The molecule has 0 radical (unpaired) electrons. The topological polar surface area (TPSA) is 126 Å². The fourth-order valence-corrected chi connectivity index (χ4v) is 4.76. The maximum Gasteiger partial charge on any atom is 0.333 e. The molecule has 152 valence electrons. The molecule has 2 rings (SSSR count). The molecule has 0 aromatic carbocycles. The molecule has 1 aromatic heterocycles. The van der Waals surface area contributed by atoms with Gasteiger partial charge in [-0.25, -0.2) is 4.79 Å². The quantitative estimate of drug-likeness (QED) is 0.508. The average molecular weight is 404 g/mol. The van der Waals surface area contributed by atoms with Gasteiger partial charge in [0.15, 0.2) is 0 Å². The zero-order valence-corrected chi connectivity index (χ0v) is 16.7. The van der Waals surface area contributed by atoms with E-state index in [9.17, 15) is 18.9 Å². The van der Waals surface area contributed by atoms with Crippen LogP contribution in [0.2, 0.25) is 0 Å². The van der Waals surface area contributed by atoms with Gasteiger partial charge in [0.2, 0.25) is 0 Å². The Hall–Kier alpha value is -1.74. The molecule has 1 aliphatic heterocycles. The van der Waals surface area contributed by atoms with E-state index < -0.39 is 43.2 Å². The van der Waals surface area contributed by atoms with Crippen LogP contribution in [-0.2, 0) is 27.9 Å². The zero-order valence-electron chi connectivity index (χ0n) is 15.8. The van der Waals surface area contributed by atoms with Crippen molar-refractivity contribution in [3.8, 4) is 0 Å². The van der Waals surface area contributed by atoms with Crippen LogP contribution in [0.25, 0.3) is 0 Å². The van der Waals surface area contributed by atoms with E-state index in [2.05, 4.69) is 4.98 Å². The van der Waals surface area contributed by atoms with Crippen LogP contribution in [-0.4, -0.2) is 47.1 Å². The molecule has 0 spiro atoms. The maximum atomic E-state index is 12.8. The highest BCUT2D eigenvalue weighted by Gasteiger charge is 2.43. The molecule has 0 saturated carbocycles. The molecule has 1 aliphatic rings. The highest BCUT2D eigenvalue weighted by molar-refractivity contribution is 7.53. The summed E-state index contributed by atoms with van der Waals surface area (Å²) in [4.78, 5) is 37.3. The molecule has 2 heterocycles. The SMILES string of the molecule is CCOP(=O)(C[C@H]1OC(n2cc(C)c(=O)[nH]c2=O)C[C@H]1OC(C)=O)OCC. The van der Waals surface area contributed by atoms with Crippen LogP contribution in [0.1, 0.15) is 39.0 Å². The number of esters is 1. The molecule has 1 aromatic rings. The number of aryl methyl sites for hydroxylation is 1. The first-order chi connectivity index (χ1) is 12.7. The molecule has 1 fully saturated rings. The molecule has 1 saturated heterocycles. The minimum Gasteiger partial charge on any atom is -0.460 e. The Balaban J connectivity index is 2.29. The monoisotopic (exact) mass is 404 g/mol. The van der Waals surface area contributed by atoms with E-state index >= 15 is 0 Å². The van der Waals surface area contributed by atoms with E-state index in [0.717, 1.165) is 0 Å². The Morgan fingerprint density at radius 1 is 1.33 bits per heavy atom. The van der Waals surface area contributed by atoms with Crippen LogP contribution in [0, 0.1) is 6.92 Å². The van der Waals surface area contributed by atoms with Gasteiger partial charge in [-0.2, -0.15) is 0 Å². The smallest absolute Gasteiger partial charge is 0.333 e. The van der Waals surface area contributed by atoms with Crippen LogP contribution in [0.4, 0.5) is 0 Å². The lowest BCUT2D eigenvalue weighted by Crippen LogP contribution is -2.33. The Kier molecular flexibility index (Phi) is 7.16. The third-order valence-corrected chi connectivity index (χ3v) is 6.12. The van der Waals surface area contributed by atoms with Gasteiger partial charge >= 0.3 is 19.3 Å². The predicted molar refractivity (Wildman–Crippen MR) is 95.9 cm³/mol. The summed E-state index contributed by atoms with van der Waals surface area (Å²) in [6.07, 6.45) is -0.903. The summed E-state index contributed by atoms with van der Waals surface area (Å²) in [6, 6.07) is 0. The molecular weight excluding hydrogens is 379 g/mol. The molecule has 1 unspecified atom stereocenters. The lowest BCUT2D eigenvalue weighted by atomic mass is 10.2. The van der Waals surface area contributed by atoms with Gasteiger partial charge in [0.25, 0.3) is 5.56 Å². The average Bonchev–Trinajstić information content (AvgIpc) is 2.92. The molecule has 0 amide bonds. The number of aromatic amines is 1. The summed E-state index contributed by atoms with van der Waals surface area (Å²) in [6.45, 7) is 6.56. The number of aromatic nitrogens is 2. The number of nitrogens with one attached hydrogen (secondary N) is 1. The van der Waals surface area contributed by atoms with Crippen molar-refractivity contribution in [2.75, 3.05) is 19.4 Å². The second kappa shape index (κ2) is 8.97. The molecule has 0 bridgehead atoms. The number of H-pyrrole nitrogens is 1. The van der Waals surface area contributed by atoms with Crippen LogP contribution >= 0.6 is 7.60 Å². The van der Waals surface area contributed by atoms with Crippen LogP contribution in [0.5, 0.6) is 0 Å². The summed E-state index contributed by atoms with van der Waals surface area (Å²) in [5.41, 5.74) is -0.796. The standard InChI is InChI=1S/C16H25N2O8P/c1-5-23-27(22,24-6-2)9-13-12(25-11(4)19)7-14(26-13)18-8-10(3)15(20)17-16(18)21/h8,12-14H,5-7,9H2,1-4H3,(H,17,20,21)/t12-,13-,14?/m1/s1. The summed E-state index contributed by atoms with van der Waals surface area (Å²) < 4.78 is 35.8. The van der Waals surface area contributed by atoms with Crippen molar-refractivity contribution >= 4 is 13.6 Å². The van der Waals surface area contributed by atoms with E-state index in [1.54, 1.807) is 20.8 Å². The largest absolute Gasteiger partial charge is 0.460 e. The summed E-state index contributed by atoms with van der Waals surface area (Å²) >= 11 is 0. The van der Waals surface area contributed by atoms with Crippen LogP contribution in [0.3, 0.4) is 0 Å². The van der Waals surface area contributed by atoms with Gasteiger partial charge in [0, 0.05) is 25.1 Å². The number of nitrogens with zero attached hydrogens (tertiary/aromatic N) is 1. The van der Waals surface area contributed by atoms with E-state index in [4.69, 9.17) is 18.5 Å². The molecule has 11 heteroatoms. The van der Waals surface area contributed by atoms with Crippen molar-refractivity contribution < 1.29 is 27.9 Å². The Morgan fingerprint density at radius 2 is 1.96 bits per heavy atom. The normalized spacial score (nSPS) is 22.7. The number of hydrogen-bond donors (Lipinski definition) is 1. The molecule has 10 nitrogen and oxygen atoms in total. The third kappa shape index (κ3) is 5.38. The van der Waals surface area contributed by atoms with Gasteiger partial charge in [0.05, 0.1) is 19.4 Å². The van der Waals surface area contributed by atoms with E-state index in [1.165, 1.54) is 17.7 Å². The first kappa shape index (κ1) is 21.6.